The third kappa shape index (κ3) is 5.18. The van der Waals surface area contributed by atoms with Gasteiger partial charge in [-0.05, 0) is 76.1 Å². The lowest BCUT2D eigenvalue weighted by molar-refractivity contribution is -0.118. The lowest BCUT2D eigenvalue weighted by Crippen LogP contribution is -2.19. The highest BCUT2D eigenvalue weighted by atomic mass is 32.2. The van der Waals surface area contributed by atoms with E-state index in [1.807, 2.05) is 31.2 Å². The number of aryl methyl sites for hydroxylation is 4. The van der Waals surface area contributed by atoms with Crippen LogP contribution in [-0.2, 0) is 4.79 Å². The average molecular weight is 406 g/mol. The average Bonchev–Trinajstić information content (AvgIpc) is 2.97. The molecule has 0 spiro atoms. The lowest BCUT2D eigenvalue weighted by atomic mass is 10.1. The molecule has 4 nitrogen and oxygen atoms in total. The quantitative estimate of drug-likeness (QED) is 0.345. The Bertz CT molecular complexity index is 1050. The number of nitrogens with zero attached hydrogens (tertiary/aromatic N) is 2. The first kappa shape index (κ1) is 20.9. The van der Waals surface area contributed by atoms with E-state index in [2.05, 4.69) is 67.1 Å². The van der Waals surface area contributed by atoms with Gasteiger partial charge >= 0.3 is 0 Å². The molecule has 3 rings (SSSR count). The molecule has 2 aromatic carbocycles. The Kier molecular flexibility index (Phi) is 6.60. The maximum absolute atomic E-state index is 12.1. The van der Waals surface area contributed by atoms with Gasteiger partial charge in [-0.2, -0.15) is 5.10 Å². The fourth-order valence-corrected chi connectivity index (χ4v) is 3.86. The van der Waals surface area contributed by atoms with Crippen LogP contribution in [-0.4, -0.2) is 22.4 Å². The van der Waals surface area contributed by atoms with Gasteiger partial charge in [0, 0.05) is 27.5 Å². The minimum Gasteiger partial charge on any atom is -0.318 e. The first-order valence-corrected chi connectivity index (χ1v) is 10.6. The van der Waals surface area contributed by atoms with Crippen molar-refractivity contribution in [3.05, 3.63) is 82.2 Å². The number of thioether (sulfide) groups is 1. The monoisotopic (exact) mass is 405 g/mol. The number of rotatable bonds is 6. The van der Waals surface area contributed by atoms with Gasteiger partial charge in [-0.25, -0.2) is 5.43 Å². The third-order valence-electron chi connectivity index (χ3n) is 5.00. The highest BCUT2D eigenvalue weighted by Gasteiger charge is 2.10. The van der Waals surface area contributed by atoms with Gasteiger partial charge in [0.15, 0.2) is 0 Å². The molecule has 0 atom stereocenters. The molecule has 0 saturated heterocycles. The van der Waals surface area contributed by atoms with Gasteiger partial charge in [0.25, 0.3) is 0 Å². The highest BCUT2D eigenvalue weighted by molar-refractivity contribution is 8.00. The second-order valence-corrected chi connectivity index (χ2v) is 8.37. The summed E-state index contributed by atoms with van der Waals surface area (Å²) in [5, 5.41) is 4.16. The summed E-state index contributed by atoms with van der Waals surface area (Å²) in [5.74, 6) is 0.219. The van der Waals surface area contributed by atoms with E-state index in [4.69, 9.17) is 0 Å². The minimum atomic E-state index is -0.116. The molecule has 0 aliphatic carbocycles. The van der Waals surface area contributed by atoms with Crippen molar-refractivity contribution >= 4 is 23.9 Å². The van der Waals surface area contributed by atoms with Crippen molar-refractivity contribution in [2.75, 3.05) is 5.75 Å². The number of benzene rings is 2. The molecule has 0 fully saturated rings. The van der Waals surface area contributed by atoms with Crippen LogP contribution in [0.3, 0.4) is 0 Å². The van der Waals surface area contributed by atoms with E-state index in [0.717, 1.165) is 27.5 Å². The summed E-state index contributed by atoms with van der Waals surface area (Å²) in [6.07, 6.45) is 1.72. The van der Waals surface area contributed by atoms with Crippen LogP contribution in [0.5, 0.6) is 0 Å². The molecule has 1 N–H and O–H groups in total. The molecule has 0 radical (unpaired) electrons. The second-order valence-electron chi connectivity index (χ2n) is 7.33. The fraction of sp³-hybridized carbons (Fsp3) is 0.250. The zero-order valence-electron chi connectivity index (χ0n) is 17.6. The Labute approximate surface area is 177 Å². The second kappa shape index (κ2) is 9.14. The molecule has 29 heavy (non-hydrogen) atoms. The van der Waals surface area contributed by atoms with Gasteiger partial charge in [-0.3, -0.25) is 4.79 Å². The number of hydrazone groups is 1. The van der Waals surface area contributed by atoms with Crippen LogP contribution in [0, 0.1) is 34.6 Å². The van der Waals surface area contributed by atoms with Crippen LogP contribution in [0.4, 0.5) is 0 Å². The van der Waals surface area contributed by atoms with E-state index >= 15 is 0 Å². The predicted molar refractivity (Wildman–Crippen MR) is 122 cm³/mol. The van der Waals surface area contributed by atoms with Crippen molar-refractivity contribution in [3.8, 4) is 5.69 Å². The molecule has 3 aromatic rings. The summed E-state index contributed by atoms with van der Waals surface area (Å²) >= 11 is 1.50. The maximum atomic E-state index is 12.1. The van der Waals surface area contributed by atoms with E-state index in [-0.39, 0.29) is 5.91 Å². The zero-order chi connectivity index (χ0) is 21.0. The molecule has 1 aromatic heterocycles. The molecule has 150 valence electrons. The Balaban J connectivity index is 1.64. The number of nitrogens with one attached hydrogen (secondary N) is 1. The summed E-state index contributed by atoms with van der Waals surface area (Å²) in [6.45, 7) is 10.4. The van der Waals surface area contributed by atoms with E-state index in [0.29, 0.717) is 5.75 Å². The smallest absolute Gasteiger partial charge is 0.250 e. The molecular weight excluding hydrogens is 378 g/mol. The van der Waals surface area contributed by atoms with Gasteiger partial charge in [-0.1, -0.05) is 23.8 Å². The van der Waals surface area contributed by atoms with Crippen LogP contribution in [0.1, 0.15) is 33.6 Å². The van der Waals surface area contributed by atoms with E-state index in [1.54, 1.807) is 6.21 Å². The van der Waals surface area contributed by atoms with Crippen LogP contribution in [0.15, 0.2) is 58.5 Å². The molecule has 0 aliphatic heterocycles. The summed E-state index contributed by atoms with van der Waals surface area (Å²) in [7, 11) is 0. The number of hydrogen-bond acceptors (Lipinski definition) is 3. The molecule has 0 saturated carbocycles. The topological polar surface area (TPSA) is 46.4 Å². The van der Waals surface area contributed by atoms with Crippen molar-refractivity contribution in [2.45, 2.75) is 39.5 Å². The van der Waals surface area contributed by atoms with E-state index in [9.17, 15) is 4.79 Å². The van der Waals surface area contributed by atoms with Crippen LogP contribution < -0.4 is 5.43 Å². The zero-order valence-corrected chi connectivity index (χ0v) is 18.4. The summed E-state index contributed by atoms with van der Waals surface area (Å²) in [5.41, 5.74) is 10.7. The predicted octanol–water partition coefficient (Wildman–Crippen LogP) is 5.26. The Morgan fingerprint density at radius 1 is 1.00 bits per heavy atom. The van der Waals surface area contributed by atoms with Crippen molar-refractivity contribution in [1.29, 1.82) is 0 Å². The third-order valence-corrected chi connectivity index (χ3v) is 6.01. The van der Waals surface area contributed by atoms with Crippen LogP contribution in [0.2, 0.25) is 0 Å². The van der Waals surface area contributed by atoms with Crippen molar-refractivity contribution < 1.29 is 4.79 Å². The van der Waals surface area contributed by atoms with Gasteiger partial charge < -0.3 is 4.57 Å². The number of hydrogen-bond donors (Lipinski definition) is 1. The highest BCUT2D eigenvalue weighted by Crippen LogP contribution is 2.22. The fourth-order valence-electron chi connectivity index (χ4n) is 3.17. The minimum absolute atomic E-state index is 0.116. The molecule has 0 unspecified atom stereocenters. The summed E-state index contributed by atoms with van der Waals surface area (Å²) in [4.78, 5) is 13.1. The molecule has 0 aliphatic rings. The standard InChI is InChI=1S/C24H27N3OS/c1-16-6-10-23(11-7-16)29-15-24(28)26-25-14-21-13-19(4)27(20(21)5)22-9-8-17(2)18(3)12-22/h6-14H,15H2,1-5H3,(H,26,28). The number of aromatic nitrogens is 1. The Morgan fingerprint density at radius 3 is 2.41 bits per heavy atom. The van der Waals surface area contributed by atoms with Crippen molar-refractivity contribution in [1.82, 2.24) is 9.99 Å². The first-order valence-electron chi connectivity index (χ1n) is 9.63. The van der Waals surface area contributed by atoms with Gasteiger partial charge in [0.1, 0.15) is 0 Å². The summed E-state index contributed by atoms with van der Waals surface area (Å²) in [6, 6.07) is 16.7. The van der Waals surface area contributed by atoms with Crippen LogP contribution in [0.25, 0.3) is 5.69 Å². The van der Waals surface area contributed by atoms with Crippen molar-refractivity contribution in [3.63, 3.8) is 0 Å². The van der Waals surface area contributed by atoms with Gasteiger partial charge in [-0.15, -0.1) is 11.8 Å². The molecule has 1 amide bonds. The lowest BCUT2D eigenvalue weighted by Gasteiger charge is -2.11. The Morgan fingerprint density at radius 2 is 1.72 bits per heavy atom. The first-order chi connectivity index (χ1) is 13.8. The SMILES string of the molecule is Cc1ccc(SCC(=O)NN=Cc2cc(C)n(-c3ccc(C)c(C)c3)c2C)cc1. The van der Waals surface area contributed by atoms with Gasteiger partial charge in [0.2, 0.25) is 5.91 Å². The molecule has 5 heteroatoms. The molecule has 1 heterocycles. The van der Waals surface area contributed by atoms with E-state index < -0.39 is 0 Å². The number of carbonyl (C=O) groups is 1. The van der Waals surface area contributed by atoms with E-state index in [1.165, 1.54) is 28.5 Å². The molecule has 0 bridgehead atoms. The van der Waals surface area contributed by atoms with Crippen LogP contribution >= 0.6 is 11.8 Å². The largest absolute Gasteiger partial charge is 0.318 e. The number of carbonyl (C=O) groups excluding carboxylic acids is 1. The maximum Gasteiger partial charge on any atom is 0.250 e. The normalized spacial score (nSPS) is 11.2. The number of amides is 1. The summed E-state index contributed by atoms with van der Waals surface area (Å²) < 4.78 is 2.21. The van der Waals surface area contributed by atoms with Gasteiger partial charge in [0.05, 0.1) is 12.0 Å². The molecular formula is C24H27N3OS. The Hall–Kier alpha value is -2.79. The van der Waals surface area contributed by atoms with Crippen molar-refractivity contribution in [2.24, 2.45) is 5.10 Å².